The van der Waals surface area contributed by atoms with Gasteiger partial charge in [-0.2, -0.15) is 5.26 Å². The molecule has 4 heterocycles. The summed E-state index contributed by atoms with van der Waals surface area (Å²) in [6.45, 7) is 9.71. The molecule has 0 amide bonds. The number of nitrogens with one attached hydrogen (secondary N) is 3. The Hall–Kier alpha value is -4.43. The maximum absolute atomic E-state index is 13.9. The van der Waals surface area contributed by atoms with Gasteiger partial charge in [0.1, 0.15) is 17.6 Å². The fourth-order valence-electron chi connectivity index (χ4n) is 6.67. The molecule has 1 saturated heterocycles. The molecule has 2 aromatic heterocycles. The Morgan fingerprint density at radius 2 is 1.83 bits per heavy atom. The van der Waals surface area contributed by atoms with Gasteiger partial charge < -0.3 is 16.0 Å². The molecule has 5 aromatic rings. The maximum atomic E-state index is 13.9. The van der Waals surface area contributed by atoms with Gasteiger partial charge in [-0.1, -0.05) is 40.5 Å². The molecule has 1 fully saturated rings. The Morgan fingerprint density at radius 3 is 2.58 bits per heavy atom. The maximum Gasteiger partial charge on any atom is 0.141 e. The monoisotopic (exact) mass is 683 g/mol. The molecule has 0 bridgehead atoms. The van der Waals surface area contributed by atoms with E-state index >= 15 is 0 Å². The van der Waals surface area contributed by atoms with Crippen LogP contribution in [0.3, 0.4) is 0 Å². The molecule has 3 aromatic carbocycles. The molecule has 3 N–H and O–H groups in total. The van der Waals surface area contributed by atoms with Crippen LogP contribution in [0.1, 0.15) is 68.1 Å². The van der Waals surface area contributed by atoms with Gasteiger partial charge in [-0.15, -0.1) is 5.10 Å². The summed E-state index contributed by atoms with van der Waals surface area (Å²) in [5.41, 5.74) is 6.88. The molecule has 12 heteroatoms. The van der Waals surface area contributed by atoms with Gasteiger partial charge in [0.25, 0.3) is 0 Å². The van der Waals surface area contributed by atoms with Crippen LogP contribution in [0.5, 0.6) is 0 Å². The van der Waals surface area contributed by atoms with Gasteiger partial charge in [0, 0.05) is 53.8 Å². The number of rotatable bonds is 7. The molecule has 246 valence electrons. The zero-order valence-electron chi connectivity index (χ0n) is 27.0. The zero-order chi connectivity index (χ0) is 33.6. The summed E-state index contributed by atoms with van der Waals surface area (Å²) in [5.74, 6) is -0.531. The highest BCUT2D eigenvalue weighted by atomic mass is 35.5. The Morgan fingerprint density at radius 1 is 1.04 bits per heavy atom. The lowest BCUT2D eigenvalue weighted by molar-refractivity contribution is 0.0866. The molecule has 1 atom stereocenters. The Labute approximate surface area is 289 Å². The first-order valence-electron chi connectivity index (χ1n) is 16.1. The summed E-state index contributed by atoms with van der Waals surface area (Å²) >= 11 is 12.9. The van der Waals surface area contributed by atoms with Crippen molar-refractivity contribution in [2.45, 2.75) is 57.7 Å². The minimum atomic E-state index is -0.531. The van der Waals surface area contributed by atoms with Crippen molar-refractivity contribution < 1.29 is 4.39 Å². The summed E-state index contributed by atoms with van der Waals surface area (Å²) in [6, 6.07) is 16.6. The Balaban J connectivity index is 1.26. The summed E-state index contributed by atoms with van der Waals surface area (Å²) in [6.07, 6.45) is 6.52. The van der Waals surface area contributed by atoms with Gasteiger partial charge in [-0.05, 0) is 87.6 Å². The molecular formula is C36H36Cl2FN9. The average Bonchev–Trinajstić information content (AvgIpc) is 3.75. The summed E-state index contributed by atoms with van der Waals surface area (Å²) in [7, 11) is 0. The second-order valence-corrected chi connectivity index (χ2v) is 14.3. The quantitative estimate of drug-likeness (QED) is 0.157. The predicted octanol–water partition coefficient (Wildman–Crippen LogP) is 8.49. The average molecular weight is 685 g/mol. The third-order valence-corrected chi connectivity index (χ3v) is 9.91. The molecule has 0 saturated carbocycles. The number of hydrogen-bond donors (Lipinski definition) is 3. The number of likely N-dealkylation sites (tertiary alicyclic amines) is 1. The normalized spacial score (nSPS) is 15.9. The summed E-state index contributed by atoms with van der Waals surface area (Å²) < 4.78 is 15.9. The van der Waals surface area contributed by atoms with Crippen molar-refractivity contribution in [3.8, 4) is 6.07 Å². The van der Waals surface area contributed by atoms with Crippen molar-refractivity contribution in [2.75, 3.05) is 35.6 Å². The van der Waals surface area contributed by atoms with Crippen molar-refractivity contribution in [1.29, 1.82) is 5.26 Å². The number of piperidine rings is 1. The fraction of sp³-hybridized carbons (Fsp3) is 0.333. The Bertz CT molecular complexity index is 2040. The molecule has 0 radical (unpaired) electrons. The third-order valence-electron chi connectivity index (χ3n) is 9.33. The first-order chi connectivity index (χ1) is 23.1. The fourth-order valence-corrected chi connectivity index (χ4v) is 7.11. The van der Waals surface area contributed by atoms with Crippen LogP contribution in [0.4, 0.5) is 27.1 Å². The van der Waals surface area contributed by atoms with Gasteiger partial charge in [0.05, 0.1) is 45.1 Å². The number of anilines is 4. The van der Waals surface area contributed by atoms with Crippen LogP contribution in [0.2, 0.25) is 10.0 Å². The van der Waals surface area contributed by atoms with Crippen LogP contribution < -0.4 is 16.0 Å². The first-order valence-corrected chi connectivity index (χ1v) is 16.9. The van der Waals surface area contributed by atoms with E-state index in [0.29, 0.717) is 38.6 Å². The molecule has 0 aliphatic carbocycles. The van der Waals surface area contributed by atoms with E-state index in [4.69, 9.17) is 28.3 Å². The number of nitrogens with zero attached hydrogens (tertiary/aromatic N) is 6. The number of halogens is 3. The number of nitriles is 1. The van der Waals surface area contributed by atoms with Crippen molar-refractivity contribution in [3.63, 3.8) is 0 Å². The van der Waals surface area contributed by atoms with Gasteiger partial charge in [-0.3, -0.25) is 9.88 Å². The lowest BCUT2D eigenvalue weighted by atomic mass is 9.98. The standard InChI is InChI=1S/C36H36Cl2FN9/c1-36(2,3)47-12-9-26(10-13-47)48-20-32(45-46-48)34(22-5-4-21-8-11-41-31(21)14-22)44-25-15-27-33(43-24-6-7-30(39)28(37)16-24)23(18-40)19-42-35(27)29(38)17-25/h4-7,14-17,19-20,26,34,41,44H,8-13H2,1-3H3,(H,42,43)/t34-/m0/s1. The Kier molecular flexibility index (Phi) is 8.62. The third kappa shape index (κ3) is 6.38. The molecule has 48 heavy (non-hydrogen) atoms. The number of hydrogen-bond acceptors (Lipinski definition) is 8. The van der Waals surface area contributed by atoms with E-state index in [1.54, 1.807) is 6.07 Å². The highest BCUT2D eigenvalue weighted by Gasteiger charge is 2.29. The van der Waals surface area contributed by atoms with Crippen molar-refractivity contribution >= 4 is 56.9 Å². The van der Waals surface area contributed by atoms with Crippen molar-refractivity contribution in [1.82, 2.24) is 24.9 Å². The minimum Gasteiger partial charge on any atom is -0.384 e. The van der Waals surface area contributed by atoms with Gasteiger partial charge >= 0.3 is 0 Å². The van der Waals surface area contributed by atoms with E-state index in [-0.39, 0.29) is 22.6 Å². The lowest BCUT2D eigenvalue weighted by Gasteiger charge is -2.40. The van der Waals surface area contributed by atoms with Crippen molar-refractivity contribution in [3.05, 3.63) is 99.2 Å². The zero-order valence-corrected chi connectivity index (χ0v) is 28.5. The van der Waals surface area contributed by atoms with Crippen LogP contribution in [0, 0.1) is 17.1 Å². The highest BCUT2D eigenvalue weighted by Crippen LogP contribution is 2.38. The van der Waals surface area contributed by atoms with Crippen LogP contribution in [0.25, 0.3) is 10.9 Å². The highest BCUT2D eigenvalue weighted by molar-refractivity contribution is 6.36. The van der Waals surface area contributed by atoms with E-state index in [2.05, 4.69) is 82.3 Å². The smallest absolute Gasteiger partial charge is 0.141 e. The minimum absolute atomic E-state index is 0.0308. The van der Waals surface area contributed by atoms with E-state index in [1.807, 2.05) is 16.8 Å². The summed E-state index contributed by atoms with van der Waals surface area (Å²) in [5, 5.41) is 30.7. The summed E-state index contributed by atoms with van der Waals surface area (Å²) in [4.78, 5) is 7.01. The van der Waals surface area contributed by atoms with Crippen molar-refractivity contribution in [2.24, 2.45) is 0 Å². The number of aromatic nitrogens is 4. The molecule has 0 spiro atoms. The topological polar surface area (TPSA) is 107 Å². The van der Waals surface area contributed by atoms with E-state index in [9.17, 15) is 9.65 Å². The first kappa shape index (κ1) is 32.1. The molecule has 2 aliphatic heterocycles. The lowest BCUT2D eigenvalue weighted by Crippen LogP contribution is -2.46. The number of benzene rings is 3. The van der Waals surface area contributed by atoms with Gasteiger partial charge in [0.15, 0.2) is 0 Å². The number of fused-ring (bicyclic) bond motifs is 2. The second-order valence-electron chi connectivity index (χ2n) is 13.4. The SMILES string of the molecule is CC(C)(C)N1CCC(n2cc([C@@H](Nc3cc(Cl)c4ncc(C#N)c(Nc5ccc(F)c(Cl)c5)c4c3)c3ccc4c(c3)NCC4)nn2)CC1. The number of pyridine rings is 1. The van der Waals surface area contributed by atoms with Crippen LogP contribution in [0.15, 0.2) is 60.9 Å². The molecule has 2 aliphatic rings. The van der Waals surface area contributed by atoms with Crippen LogP contribution >= 0.6 is 23.2 Å². The largest absolute Gasteiger partial charge is 0.384 e. The van der Waals surface area contributed by atoms with Crippen LogP contribution in [-0.2, 0) is 6.42 Å². The van der Waals surface area contributed by atoms with Crippen LogP contribution in [-0.4, -0.2) is 50.1 Å². The molecular weight excluding hydrogens is 648 g/mol. The van der Waals surface area contributed by atoms with E-state index in [1.165, 1.54) is 23.9 Å². The van der Waals surface area contributed by atoms with E-state index < -0.39 is 5.82 Å². The molecule has 7 rings (SSSR count). The second kappa shape index (κ2) is 12.9. The van der Waals surface area contributed by atoms with Gasteiger partial charge in [-0.25, -0.2) is 9.07 Å². The van der Waals surface area contributed by atoms with E-state index in [0.717, 1.165) is 55.8 Å². The van der Waals surface area contributed by atoms with Gasteiger partial charge in [0.2, 0.25) is 0 Å². The molecule has 9 nitrogen and oxygen atoms in total. The molecule has 0 unspecified atom stereocenters. The predicted molar refractivity (Wildman–Crippen MR) is 190 cm³/mol.